The van der Waals surface area contributed by atoms with E-state index in [-0.39, 0.29) is 0 Å². The molecule has 1 radical (unpaired) electrons. The molecule has 0 bridgehead atoms. The highest BCUT2D eigenvalue weighted by molar-refractivity contribution is 9.24. The average molecular weight is 416 g/mol. The van der Waals surface area contributed by atoms with Crippen LogP contribution in [0, 0.1) is 0 Å². The van der Waals surface area contributed by atoms with E-state index in [9.17, 15) is 4.79 Å². The van der Waals surface area contributed by atoms with Gasteiger partial charge in [-0.2, -0.15) is 0 Å². The second kappa shape index (κ2) is 11.9. The first-order valence-corrected chi connectivity index (χ1v) is 12.6. The minimum atomic E-state index is -0.954. The van der Waals surface area contributed by atoms with E-state index in [1.54, 1.807) is 77.0 Å². The molecule has 3 aliphatic rings. The maximum atomic E-state index is 9.27. The topological polar surface area (TPSA) is 37.3 Å². The van der Waals surface area contributed by atoms with E-state index in [1.807, 2.05) is 0 Å². The first-order valence-electron chi connectivity index (χ1n) is 10.2. The van der Waals surface area contributed by atoms with Gasteiger partial charge < -0.3 is 5.11 Å². The first kappa shape index (κ1) is 20.8. The normalized spacial score (nSPS) is 24.2. The molecule has 5 heteroatoms. The van der Waals surface area contributed by atoms with Crippen molar-refractivity contribution in [1.82, 2.24) is 0 Å². The molecule has 3 saturated carbocycles. The van der Waals surface area contributed by atoms with Crippen molar-refractivity contribution in [1.29, 1.82) is 0 Å². The van der Waals surface area contributed by atoms with E-state index >= 15 is 0 Å². The number of halogens is 1. The number of rotatable bonds is 4. The van der Waals surface area contributed by atoms with Crippen LogP contribution < -0.4 is 0 Å². The van der Waals surface area contributed by atoms with Crippen molar-refractivity contribution in [2.24, 2.45) is 0 Å². The smallest absolute Gasteiger partial charge is 0.350 e. The number of carbonyl (C=O) groups is 1. The van der Waals surface area contributed by atoms with E-state index in [0.717, 1.165) is 6.10 Å². The van der Waals surface area contributed by atoms with Crippen molar-refractivity contribution in [2.45, 2.75) is 113 Å². The highest BCUT2D eigenvalue weighted by atomic mass is 79.9. The fourth-order valence-electron chi connectivity index (χ4n) is 5.03. The molecule has 0 heterocycles. The summed E-state index contributed by atoms with van der Waals surface area (Å²) in [6, 6.07) is 0. The van der Waals surface area contributed by atoms with Crippen LogP contribution in [0.1, 0.15) is 96.3 Å². The predicted molar refractivity (Wildman–Crippen MR) is 110 cm³/mol. The van der Waals surface area contributed by atoms with Gasteiger partial charge in [-0.15, -0.1) is 15.8 Å². The summed E-state index contributed by atoms with van der Waals surface area (Å²) in [6.07, 6.45) is 24.5. The largest absolute Gasteiger partial charge is 0.489 e. The molecule has 0 unspecified atom stereocenters. The molecule has 1 N–H and O–H groups in total. The van der Waals surface area contributed by atoms with E-state index in [0.29, 0.717) is 7.92 Å². The van der Waals surface area contributed by atoms with Gasteiger partial charge in [0.1, 0.15) is 0 Å². The Balaban J connectivity index is 0.000000368. The van der Waals surface area contributed by atoms with Crippen molar-refractivity contribution in [2.75, 3.05) is 0 Å². The highest BCUT2D eigenvalue weighted by Crippen LogP contribution is 2.61. The van der Waals surface area contributed by atoms with Crippen LogP contribution in [0.25, 0.3) is 0 Å². The summed E-state index contributed by atoms with van der Waals surface area (Å²) in [4.78, 5) is 9.27. The van der Waals surface area contributed by atoms with Crippen molar-refractivity contribution in [3.8, 4) is 0 Å². The van der Waals surface area contributed by atoms with Crippen LogP contribution in [0.15, 0.2) is 0 Å². The fraction of sp³-hybridized carbons (Fsp3) is 0.947. The molecular formula is C19H34BBrO2P. The average Bonchev–Trinajstić information content (AvgIpc) is 2.65. The van der Waals surface area contributed by atoms with Gasteiger partial charge in [-0.1, -0.05) is 65.7 Å². The zero-order valence-corrected chi connectivity index (χ0v) is 17.6. The Morgan fingerprint density at radius 3 is 1.17 bits per heavy atom. The van der Waals surface area contributed by atoms with Gasteiger partial charge in [-0.3, -0.25) is 4.79 Å². The zero-order valence-electron chi connectivity index (χ0n) is 15.1. The molecule has 0 atom stereocenters. The van der Waals surface area contributed by atoms with Gasteiger partial charge >= 0.3 is 6.10 Å². The Kier molecular flexibility index (Phi) is 10.3. The SMILES string of the molecule is C1CCC(P(C2CCCCC2)C2CCCCC2)CC1.O=C(O)[B]Br. The molecule has 137 valence electrons. The molecule has 0 aromatic carbocycles. The maximum absolute atomic E-state index is 9.27. The predicted octanol–water partition coefficient (Wildman–Crippen LogP) is 7.14. The van der Waals surface area contributed by atoms with Gasteiger partial charge in [0.05, 0.1) is 0 Å². The third-order valence-corrected chi connectivity index (χ3v) is 10.6. The summed E-state index contributed by atoms with van der Waals surface area (Å²) in [5.41, 5.74) is 3.57. The molecule has 3 rings (SSSR count). The molecule has 3 aliphatic carbocycles. The van der Waals surface area contributed by atoms with Crippen LogP contribution in [0.4, 0.5) is 4.79 Å². The Morgan fingerprint density at radius 2 is 0.958 bits per heavy atom. The minimum Gasteiger partial charge on any atom is -0.489 e. The summed E-state index contributed by atoms with van der Waals surface area (Å²) >= 11 is 2.59. The van der Waals surface area contributed by atoms with Crippen molar-refractivity contribution in [3.63, 3.8) is 0 Å². The number of carboxylic acid groups (broad SMARTS) is 1. The third kappa shape index (κ3) is 6.98. The third-order valence-electron chi connectivity index (χ3n) is 6.08. The minimum absolute atomic E-state index is 0.385. The zero-order chi connectivity index (χ0) is 17.2. The van der Waals surface area contributed by atoms with Crippen molar-refractivity contribution >= 4 is 35.7 Å². The van der Waals surface area contributed by atoms with Crippen molar-refractivity contribution in [3.05, 3.63) is 0 Å². The lowest BCUT2D eigenvalue weighted by Gasteiger charge is -2.44. The van der Waals surface area contributed by atoms with Crippen LogP contribution in [0.3, 0.4) is 0 Å². The summed E-state index contributed by atoms with van der Waals surface area (Å²) < 4.78 is 0. The molecule has 0 amide bonds. The second-order valence-electron chi connectivity index (χ2n) is 7.77. The maximum Gasteiger partial charge on any atom is 0.350 e. The molecule has 0 aromatic rings. The van der Waals surface area contributed by atoms with Gasteiger partial charge in [0, 0.05) is 0 Å². The van der Waals surface area contributed by atoms with E-state index < -0.39 is 5.87 Å². The Hall–Kier alpha value is 0.445. The highest BCUT2D eigenvalue weighted by Gasteiger charge is 2.36. The molecular weight excluding hydrogens is 382 g/mol. The number of hydrogen-bond donors (Lipinski definition) is 1. The lowest BCUT2D eigenvalue weighted by atomic mass is 9.99. The Bertz CT molecular complexity index is 308. The number of hydrogen-bond acceptors (Lipinski definition) is 1. The summed E-state index contributed by atoms with van der Waals surface area (Å²) in [6.45, 7) is 0. The summed E-state index contributed by atoms with van der Waals surface area (Å²) in [5, 5.41) is 7.62. The van der Waals surface area contributed by atoms with E-state index in [1.165, 1.54) is 36.2 Å². The van der Waals surface area contributed by atoms with Gasteiger partial charge in [-0.05, 0) is 55.5 Å². The monoisotopic (exact) mass is 415 g/mol. The molecule has 0 aliphatic heterocycles. The summed E-state index contributed by atoms with van der Waals surface area (Å²) in [5.74, 6) is -0.954. The Labute approximate surface area is 158 Å². The van der Waals surface area contributed by atoms with E-state index in [2.05, 4.69) is 15.8 Å². The Morgan fingerprint density at radius 1 is 0.708 bits per heavy atom. The molecule has 24 heavy (non-hydrogen) atoms. The quantitative estimate of drug-likeness (QED) is 0.391. The summed E-state index contributed by atoms with van der Waals surface area (Å²) in [7, 11) is 0.385. The fourth-order valence-corrected chi connectivity index (χ4v) is 9.71. The van der Waals surface area contributed by atoms with Crippen LogP contribution in [0.5, 0.6) is 0 Å². The molecule has 0 spiro atoms. The van der Waals surface area contributed by atoms with Crippen LogP contribution >= 0.6 is 23.7 Å². The van der Waals surface area contributed by atoms with Gasteiger partial charge in [0.15, 0.2) is 0 Å². The first-order chi connectivity index (χ1) is 11.7. The lowest BCUT2D eigenvalue weighted by Crippen LogP contribution is -2.28. The molecule has 0 saturated heterocycles. The van der Waals surface area contributed by atoms with Crippen LogP contribution in [-0.2, 0) is 0 Å². The van der Waals surface area contributed by atoms with Gasteiger partial charge in [-0.25, -0.2) is 0 Å². The standard InChI is InChI=1S/C18H33P.CHBBrO2/c1-4-10-16(11-5-1)19(17-12-6-2-7-13-17)18-14-8-3-9-15-18;3-2-1(4)5/h16-18H,1-15H2;(H,4,5). The molecule has 0 aromatic heterocycles. The van der Waals surface area contributed by atoms with Crippen LogP contribution in [0.2, 0.25) is 0 Å². The van der Waals surface area contributed by atoms with Crippen molar-refractivity contribution < 1.29 is 9.90 Å². The second-order valence-corrected chi connectivity index (χ2v) is 11.3. The van der Waals surface area contributed by atoms with Gasteiger partial charge in [0.25, 0.3) is 5.87 Å². The lowest BCUT2D eigenvalue weighted by molar-refractivity contribution is 0.220. The van der Waals surface area contributed by atoms with E-state index in [4.69, 9.17) is 5.11 Å². The van der Waals surface area contributed by atoms with Gasteiger partial charge in [0.2, 0.25) is 0 Å². The molecule has 3 fully saturated rings. The van der Waals surface area contributed by atoms with Crippen LogP contribution in [-0.4, -0.2) is 34.1 Å². The molecule has 2 nitrogen and oxygen atoms in total.